The van der Waals surface area contributed by atoms with Crippen molar-refractivity contribution in [2.24, 2.45) is 0 Å². The van der Waals surface area contributed by atoms with E-state index in [4.69, 9.17) is 10.5 Å². The molecule has 0 aliphatic heterocycles. The van der Waals surface area contributed by atoms with Gasteiger partial charge in [-0.2, -0.15) is 0 Å². The Hall–Kier alpha value is -1.78. The molecule has 0 spiro atoms. The molecule has 2 N–H and O–H groups in total. The average Bonchev–Trinajstić information content (AvgIpc) is 2.20. The molecule has 16 heavy (non-hydrogen) atoms. The van der Waals surface area contributed by atoms with Gasteiger partial charge in [-0.1, -0.05) is 0 Å². The van der Waals surface area contributed by atoms with Crippen molar-refractivity contribution < 1.29 is 13.9 Å². The molecular formula is C11H15FN2O2. The van der Waals surface area contributed by atoms with Gasteiger partial charge >= 0.3 is 0 Å². The Labute approximate surface area is 93.8 Å². The van der Waals surface area contributed by atoms with Crippen LogP contribution in [-0.4, -0.2) is 31.5 Å². The number of hydrogen-bond acceptors (Lipinski definition) is 3. The number of nitrogens with zero attached hydrogens (tertiary/aromatic N) is 1. The molecule has 0 saturated heterocycles. The van der Waals surface area contributed by atoms with Crippen LogP contribution in [0, 0.1) is 5.82 Å². The van der Waals surface area contributed by atoms with Crippen LogP contribution in [0.1, 0.15) is 6.42 Å². The van der Waals surface area contributed by atoms with E-state index < -0.39 is 5.82 Å². The quantitative estimate of drug-likeness (QED) is 0.786. The van der Waals surface area contributed by atoms with Crippen LogP contribution in [-0.2, 0) is 4.79 Å². The van der Waals surface area contributed by atoms with Crippen molar-refractivity contribution in [1.82, 2.24) is 4.90 Å². The first kappa shape index (κ1) is 12.3. The van der Waals surface area contributed by atoms with Crippen molar-refractivity contribution in [2.45, 2.75) is 6.42 Å². The zero-order valence-corrected chi connectivity index (χ0v) is 9.37. The molecule has 0 aromatic heterocycles. The zero-order valence-electron chi connectivity index (χ0n) is 9.37. The third-order valence-corrected chi connectivity index (χ3v) is 2.03. The molecule has 88 valence electrons. The number of rotatable bonds is 4. The summed E-state index contributed by atoms with van der Waals surface area (Å²) >= 11 is 0. The largest absolute Gasteiger partial charge is 0.490 e. The molecule has 0 aliphatic rings. The second-order valence-electron chi connectivity index (χ2n) is 3.58. The van der Waals surface area contributed by atoms with Crippen LogP contribution in [0.2, 0.25) is 0 Å². The van der Waals surface area contributed by atoms with Crippen molar-refractivity contribution in [1.29, 1.82) is 0 Å². The van der Waals surface area contributed by atoms with E-state index in [0.29, 0.717) is 5.69 Å². The van der Waals surface area contributed by atoms with Crippen LogP contribution >= 0.6 is 0 Å². The summed E-state index contributed by atoms with van der Waals surface area (Å²) in [6.07, 6.45) is 0.219. The highest BCUT2D eigenvalue weighted by Gasteiger charge is 2.06. The summed E-state index contributed by atoms with van der Waals surface area (Å²) in [6.45, 7) is 0.151. The third kappa shape index (κ3) is 3.42. The first-order valence-corrected chi connectivity index (χ1v) is 4.88. The predicted octanol–water partition coefficient (Wildman–Crippen LogP) is 1.26. The summed E-state index contributed by atoms with van der Waals surface area (Å²) in [6, 6.07) is 4.18. The summed E-state index contributed by atoms with van der Waals surface area (Å²) in [5.41, 5.74) is 5.73. The van der Waals surface area contributed by atoms with E-state index in [-0.39, 0.29) is 24.7 Å². The topological polar surface area (TPSA) is 55.6 Å². The Morgan fingerprint density at radius 2 is 2.19 bits per heavy atom. The fraction of sp³-hybridized carbons (Fsp3) is 0.364. The minimum atomic E-state index is -0.516. The number of benzene rings is 1. The Kier molecular flexibility index (Phi) is 4.10. The third-order valence-electron chi connectivity index (χ3n) is 2.03. The Morgan fingerprint density at radius 3 is 2.75 bits per heavy atom. The van der Waals surface area contributed by atoms with Crippen LogP contribution in [0.15, 0.2) is 18.2 Å². The van der Waals surface area contributed by atoms with Gasteiger partial charge in [0.25, 0.3) is 0 Å². The van der Waals surface area contributed by atoms with Crippen molar-refractivity contribution in [2.75, 3.05) is 26.4 Å². The molecule has 1 aromatic rings. The van der Waals surface area contributed by atoms with Crippen molar-refractivity contribution in [3.63, 3.8) is 0 Å². The molecule has 0 unspecified atom stereocenters. The molecule has 0 fully saturated rings. The molecule has 0 bridgehead atoms. The van der Waals surface area contributed by atoms with Crippen LogP contribution < -0.4 is 10.5 Å². The highest BCUT2D eigenvalue weighted by Crippen LogP contribution is 2.19. The second-order valence-corrected chi connectivity index (χ2v) is 3.58. The maximum absolute atomic E-state index is 13.2. The molecule has 5 heteroatoms. The number of hydrogen-bond donors (Lipinski definition) is 1. The minimum absolute atomic E-state index is 0.0594. The first-order chi connectivity index (χ1) is 7.50. The maximum Gasteiger partial charge on any atom is 0.225 e. The van der Waals surface area contributed by atoms with Crippen molar-refractivity contribution in [3.05, 3.63) is 24.0 Å². The number of carbonyl (C=O) groups excluding carboxylic acids is 1. The standard InChI is InChI=1S/C11H15FN2O2/c1-14(2)11(15)5-6-16-10-4-3-8(13)7-9(10)12/h3-4,7H,5-6,13H2,1-2H3. The molecular weight excluding hydrogens is 211 g/mol. The monoisotopic (exact) mass is 226 g/mol. The normalized spacial score (nSPS) is 9.94. The number of nitrogen functional groups attached to an aromatic ring is 1. The second kappa shape index (κ2) is 5.34. The van der Waals surface area contributed by atoms with E-state index in [2.05, 4.69) is 0 Å². The first-order valence-electron chi connectivity index (χ1n) is 4.88. The van der Waals surface area contributed by atoms with Gasteiger partial charge in [-0.3, -0.25) is 4.79 Å². The van der Waals surface area contributed by atoms with Crippen LogP contribution in [0.3, 0.4) is 0 Å². The molecule has 0 radical (unpaired) electrons. The summed E-state index contributed by atoms with van der Waals surface area (Å²) < 4.78 is 18.4. The molecule has 0 heterocycles. The predicted molar refractivity (Wildman–Crippen MR) is 59.6 cm³/mol. The number of carbonyl (C=O) groups is 1. The molecule has 1 aromatic carbocycles. The van der Waals surface area contributed by atoms with Gasteiger partial charge in [-0.25, -0.2) is 4.39 Å². The van der Waals surface area contributed by atoms with E-state index in [0.717, 1.165) is 0 Å². The van der Waals surface area contributed by atoms with Gasteiger partial charge in [0, 0.05) is 25.8 Å². The van der Waals surface area contributed by atoms with Gasteiger partial charge < -0.3 is 15.4 Å². The lowest BCUT2D eigenvalue weighted by molar-refractivity contribution is -0.129. The maximum atomic E-state index is 13.2. The van der Waals surface area contributed by atoms with Gasteiger partial charge in [0.2, 0.25) is 5.91 Å². The van der Waals surface area contributed by atoms with E-state index in [1.807, 2.05) is 0 Å². The van der Waals surface area contributed by atoms with Gasteiger partial charge in [-0.15, -0.1) is 0 Å². The summed E-state index contributed by atoms with van der Waals surface area (Å²) in [5, 5.41) is 0. The SMILES string of the molecule is CN(C)C(=O)CCOc1ccc(N)cc1F. The van der Waals surface area contributed by atoms with Crippen LogP contribution in [0.4, 0.5) is 10.1 Å². The van der Waals surface area contributed by atoms with Gasteiger partial charge in [0.15, 0.2) is 11.6 Å². The highest BCUT2D eigenvalue weighted by molar-refractivity contribution is 5.75. The number of halogens is 1. The van der Waals surface area contributed by atoms with E-state index in [9.17, 15) is 9.18 Å². The number of anilines is 1. The Morgan fingerprint density at radius 1 is 1.50 bits per heavy atom. The average molecular weight is 226 g/mol. The van der Waals surface area contributed by atoms with Gasteiger partial charge in [-0.05, 0) is 12.1 Å². The lowest BCUT2D eigenvalue weighted by Gasteiger charge is -2.11. The Bertz CT molecular complexity index is 380. The Balaban J connectivity index is 2.46. The van der Waals surface area contributed by atoms with Crippen molar-refractivity contribution >= 4 is 11.6 Å². The minimum Gasteiger partial charge on any atom is -0.490 e. The zero-order chi connectivity index (χ0) is 12.1. The van der Waals surface area contributed by atoms with Crippen LogP contribution in [0.25, 0.3) is 0 Å². The van der Waals surface area contributed by atoms with E-state index >= 15 is 0 Å². The lowest BCUT2D eigenvalue weighted by Crippen LogP contribution is -2.23. The fourth-order valence-corrected chi connectivity index (χ4v) is 1.11. The molecule has 0 aliphatic carbocycles. The lowest BCUT2D eigenvalue weighted by atomic mass is 10.3. The highest BCUT2D eigenvalue weighted by atomic mass is 19.1. The number of amides is 1. The van der Waals surface area contributed by atoms with E-state index in [1.54, 1.807) is 20.2 Å². The summed E-state index contributed by atoms with van der Waals surface area (Å²) in [7, 11) is 3.32. The fourth-order valence-electron chi connectivity index (χ4n) is 1.11. The molecule has 0 saturated carbocycles. The number of nitrogens with two attached hydrogens (primary N) is 1. The number of ether oxygens (including phenoxy) is 1. The van der Waals surface area contributed by atoms with Gasteiger partial charge in [0.05, 0.1) is 13.0 Å². The van der Waals surface area contributed by atoms with Crippen LogP contribution in [0.5, 0.6) is 5.75 Å². The summed E-state index contributed by atoms with van der Waals surface area (Å²) in [5.74, 6) is -0.464. The van der Waals surface area contributed by atoms with Crippen molar-refractivity contribution in [3.8, 4) is 5.75 Å². The molecule has 1 amide bonds. The molecule has 4 nitrogen and oxygen atoms in total. The van der Waals surface area contributed by atoms with E-state index in [1.165, 1.54) is 17.0 Å². The molecule has 1 rings (SSSR count). The molecule has 0 atom stereocenters. The smallest absolute Gasteiger partial charge is 0.225 e. The summed E-state index contributed by atoms with van der Waals surface area (Å²) in [4.78, 5) is 12.7. The van der Waals surface area contributed by atoms with Gasteiger partial charge in [0.1, 0.15) is 0 Å².